The van der Waals surface area contributed by atoms with E-state index in [4.69, 9.17) is 13.9 Å². The quantitative estimate of drug-likeness (QED) is 0.521. The van der Waals surface area contributed by atoms with Crippen molar-refractivity contribution in [3.8, 4) is 11.5 Å². The molecule has 0 radical (unpaired) electrons. The zero-order valence-corrected chi connectivity index (χ0v) is 21.7. The molecule has 0 N–H and O–H groups in total. The van der Waals surface area contributed by atoms with Gasteiger partial charge in [-0.3, -0.25) is 14.5 Å². The molecule has 0 aliphatic carbocycles. The van der Waals surface area contributed by atoms with Gasteiger partial charge in [-0.1, -0.05) is 26.8 Å². The average Bonchev–Trinajstić information content (AvgIpc) is 3.38. The lowest BCUT2D eigenvalue weighted by molar-refractivity contribution is -0.121. The number of oxazole rings is 1. The van der Waals surface area contributed by atoms with Crippen LogP contribution < -0.4 is 19.3 Å². The van der Waals surface area contributed by atoms with E-state index in [0.29, 0.717) is 30.4 Å². The Bertz CT molecular complexity index is 1290. The number of carbonyl (C=O) groups excluding carboxylic acids is 2. The van der Waals surface area contributed by atoms with Gasteiger partial charge in [0.05, 0.1) is 12.8 Å². The summed E-state index contributed by atoms with van der Waals surface area (Å²) in [7, 11) is 1.65. The first kappa shape index (κ1) is 24.7. The smallest absolute Gasteiger partial charge is 0.275 e. The maximum atomic E-state index is 13.1. The molecule has 0 atom stereocenters. The van der Waals surface area contributed by atoms with Gasteiger partial charge in [-0.05, 0) is 47.4 Å². The van der Waals surface area contributed by atoms with E-state index in [2.05, 4.69) is 30.7 Å². The van der Waals surface area contributed by atoms with Crippen LogP contribution in [-0.4, -0.2) is 61.6 Å². The first-order valence-electron chi connectivity index (χ1n) is 12.4. The van der Waals surface area contributed by atoms with E-state index in [-0.39, 0.29) is 36.1 Å². The van der Waals surface area contributed by atoms with Crippen LogP contribution >= 0.6 is 0 Å². The Kier molecular flexibility index (Phi) is 6.54. The van der Waals surface area contributed by atoms with E-state index in [1.807, 2.05) is 42.5 Å². The molecule has 1 saturated heterocycles. The van der Waals surface area contributed by atoms with Crippen LogP contribution in [0.3, 0.4) is 0 Å². The summed E-state index contributed by atoms with van der Waals surface area (Å²) in [5.41, 5.74) is 3.04. The molecular weight excluding hydrogens is 472 g/mol. The van der Waals surface area contributed by atoms with E-state index < -0.39 is 0 Å². The molecule has 2 amide bonds. The number of rotatable bonds is 5. The van der Waals surface area contributed by atoms with Crippen LogP contribution in [-0.2, 0) is 16.8 Å². The van der Waals surface area contributed by atoms with Crippen molar-refractivity contribution < 1.29 is 23.5 Å². The summed E-state index contributed by atoms with van der Waals surface area (Å²) < 4.78 is 16.5. The maximum Gasteiger partial charge on any atom is 0.275 e. The lowest BCUT2D eigenvalue weighted by atomic mass is 9.86. The molecule has 9 nitrogen and oxygen atoms in total. The number of piperazine rings is 1. The Morgan fingerprint density at radius 1 is 1.05 bits per heavy atom. The minimum atomic E-state index is -0.181. The van der Waals surface area contributed by atoms with Crippen LogP contribution in [0.5, 0.6) is 11.5 Å². The molecule has 2 aliphatic rings. The number of fused-ring (bicyclic) bond motifs is 1. The molecule has 5 rings (SSSR count). The van der Waals surface area contributed by atoms with Gasteiger partial charge in [0.25, 0.3) is 11.8 Å². The molecule has 0 saturated carbocycles. The Morgan fingerprint density at radius 2 is 1.78 bits per heavy atom. The normalized spacial score (nSPS) is 15.9. The fourth-order valence-electron chi connectivity index (χ4n) is 4.58. The SMILES string of the molecule is COc1ccc(N2CCN(C(=O)c3coc(CN4C(=O)COc5ccc(C(C)(C)C)cc54)n3)CC2)cc1. The second-order valence-corrected chi connectivity index (χ2v) is 10.3. The minimum Gasteiger partial charge on any atom is -0.497 e. The molecule has 0 spiro atoms. The Balaban J connectivity index is 1.25. The van der Waals surface area contributed by atoms with Gasteiger partial charge in [-0.15, -0.1) is 0 Å². The molecule has 0 unspecified atom stereocenters. The van der Waals surface area contributed by atoms with Gasteiger partial charge in [-0.2, -0.15) is 0 Å². The van der Waals surface area contributed by atoms with Crippen molar-refractivity contribution in [2.75, 3.05) is 49.7 Å². The summed E-state index contributed by atoms with van der Waals surface area (Å²) in [4.78, 5) is 35.9. The topological polar surface area (TPSA) is 88.4 Å². The first-order chi connectivity index (χ1) is 17.7. The number of ether oxygens (including phenoxy) is 2. The zero-order valence-electron chi connectivity index (χ0n) is 21.7. The van der Waals surface area contributed by atoms with Gasteiger partial charge >= 0.3 is 0 Å². The number of hydrogen-bond acceptors (Lipinski definition) is 7. The van der Waals surface area contributed by atoms with E-state index >= 15 is 0 Å². The van der Waals surface area contributed by atoms with Crippen LogP contribution in [0.25, 0.3) is 0 Å². The summed E-state index contributed by atoms with van der Waals surface area (Å²) >= 11 is 0. The van der Waals surface area contributed by atoms with E-state index in [0.717, 1.165) is 30.1 Å². The van der Waals surface area contributed by atoms with Crippen LogP contribution in [0.4, 0.5) is 11.4 Å². The lowest BCUT2D eigenvalue weighted by Gasteiger charge is -2.35. The second-order valence-electron chi connectivity index (χ2n) is 10.3. The number of amides is 2. The van der Waals surface area contributed by atoms with Crippen LogP contribution in [0.1, 0.15) is 42.7 Å². The molecule has 3 aromatic rings. The van der Waals surface area contributed by atoms with Crippen molar-refractivity contribution in [1.29, 1.82) is 0 Å². The van der Waals surface area contributed by atoms with Crippen LogP contribution in [0.2, 0.25) is 0 Å². The molecule has 1 fully saturated rings. The summed E-state index contributed by atoms with van der Waals surface area (Å²) in [6.07, 6.45) is 1.38. The third-order valence-corrected chi connectivity index (χ3v) is 6.84. The molecular formula is C28H32N4O5. The molecule has 9 heteroatoms. The number of methoxy groups -OCH3 is 1. The van der Waals surface area contributed by atoms with Crippen molar-refractivity contribution in [3.63, 3.8) is 0 Å². The monoisotopic (exact) mass is 504 g/mol. The van der Waals surface area contributed by atoms with Gasteiger partial charge in [0.2, 0.25) is 5.89 Å². The van der Waals surface area contributed by atoms with Gasteiger partial charge in [-0.25, -0.2) is 4.98 Å². The van der Waals surface area contributed by atoms with Gasteiger partial charge < -0.3 is 23.7 Å². The number of aromatic nitrogens is 1. The maximum absolute atomic E-state index is 13.1. The van der Waals surface area contributed by atoms with Crippen molar-refractivity contribution in [2.45, 2.75) is 32.7 Å². The second kappa shape index (κ2) is 9.80. The molecule has 194 valence electrons. The van der Waals surface area contributed by atoms with Crippen molar-refractivity contribution >= 4 is 23.2 Å². The summed E-state index contributed by atoms with van der Waals surface area (Å²) in [6, 6.07) is 13.8. The van der Waals surface area contributed by atoms with Gasteiger partial charge in [0.15, 0.2) is 12.3 Å². The molecule has 37 heavy (non-hydrogen) atoms. The number of carbonyl (C=O) groups is 2. The molecule has 3 heterocycles. The molecule has 1 aromatic heterocycles. The highest BCUT2D eigenvalue weighted by Gasteiger charge is 2.30. The van der Waals surface area contributed by atoms with Crippen molar-refractivity contribution in [1.82, 2.24) is 9.88 Å². The number of anilines is 2. The highest BCUT2D eigenvalue weighted by Crippen LogP contribution is 2.37. The summed E-state index contributed by atoms with van der Waals surface area (Å²) in [6.45, 7) is 9.04. The third-order valence-electron chi connectivity index (χ3n) is 6.84. The fourth-order valence-corrected chi connectivity index (χ4v) is 4.58. The van der Waals surface area contributed by atoms with Gasteiger partial charge in [0.1, 0.15) is 24.3 Å². The Morgan fingerprint density at radius 3 is 2.46 bits per heavy atom. The zero-order chi connectivity index (χ0) is 26.2. The first-order valence-corrected chi connectivity index (χ1v) is 12.4. The number of nitrogens with zero attached hydrogens (tertiary/aromatic N) is 4. The van der Waals surface area contributed by atoms with E-state index in [1.54, 1.807) is 16.9 Å². The van der Waals surface area contributed by atoms with E-state index in [1.165, 1.54) is 6.26 Å². The lowest BCUT2D eigenvalue weighted by Crippen LogP contribution is -2.48. The Labute approximate surface area is 216 Å². The van der Waals surface area contributed by atoms with Gasteiger partial charge in [0, 0.05) is 31.9 Å². The van der Waals surface area contributed by atoms with E-state index in [9.17, 15) is 9.59 Å². The largest absolute Gasteiger partial charge is 0.497 e. The fraction of sp³-hybridized carbons (Fsp3) is 0.393. The number of benzene rings is 2. The highest BCUT2D eigenvalue weighted by molar-refractivity contribution is 5.98. The van der Waals surface area contributed by atoms with Crippen LogP contribution in [0.15, 0.2) is 53.1 Å². The highest BCUT2D eigenvalue weighted by atomic mass is 16.5. The summed E-state index contributed by atoms with van der Waals surface area (Å²) in [5, 5.41) is 0. The molecule has 0 bridgehead atoms. The molecule has 2 aliphatic heterocycles. The summed E-state index contributed by atoms with van der Waals surface area (Å²) in [5.74, 6) is 1.41. The molecule has 2 aromatic carbocycles. The predicted octanol–water partition coefficient (Wildman–Crippen LogP) is 3.87. The minimum absolute atomic E-state index is 0.0488. The third kappa shape index (κ3) is 5.12. The standard InChI is InChI=1S/C28H32N4O5/c1-28(2,3)19-5-10-24-23(15-19)32(26(33)18-36-24)16-25-29-22(17-37-25)27(34)31-13-11-30(12-14-31)20-6-8-21(35-4)9-7-20/h5-10,15,17H,11-14,16,18H2,1-4H3. The number of hydrogen-bond donors (Lipinski definition) is 0. The predicted molar refractivity (Wildman–Crippen MR) is 139 cm³/mol. The Hall–Kier alpha value is -4.01. The van der Waals surface area contributed by atoms with Crippen molar-refractivity contribution in [2.24, 2.45) is 0 Å². The average molecular weight is 505 g/mol. The van der Waals surface area contributed by atoms with Crippen molar-refractivity contribution in [3.05, 3.63) is 65.9 Å². The van der Waals surface area contributed by atoms with Crippen LogP contribution in [0, 0.1) is 0 Å².